The summed E-state index contributed by atoms with van der Waals surface area (Å²) >= 11 is 0. The molecule has 0 spiro atoms. The third-order valence-electron chi connectivity index (χ3n) is 3.11. The van der Waals surface area contributed by atoms with Crippen molar-refractivity contribution in [3.8, 4) is 0 Å². The molecular weight excluding hydrogens is 239 g/mol. The van der Waals surface area contributed by atoms with E-state index in [1.165, 1.54) is 6.07 Å². The molecule has 0 aliphatic carbocycles. The van der Waals surface area contributed by atoms with Crippen LogP contribution < -0.4 is 10.2 Å². The highest BCUT2D eigenvalue weighted by Gasteiger charge is 2.13. The normalized spacial score (nSPS) is 10.5. The lowest BCUT2D eigenvalue weighted by atomic mass is 10.1. The van der Waals surface area contributed by atoms with Crippen LogP contribution >= 0.6 is 0 Å². The molecule has 2 nitrogen and oxygen atoms in total. The van der Waals surface area contributed by atoms with E-state index in [2.05, 4.69) is 5.32 Å². The summed E-state index contributed by atoms with van der Waals surface area (Å²) in [4.78, 5) is 1.89. The van der Waals surface area contributed by atoms with Gasteiger partial charge in [-0.05, 0) is 30.3 Å². The Morgan fingerprint density at radius 2 is 1.79 bits per heavy atom. The minimum Gasteiger partial charge on any atom is -0.342 e. The van der Waals surface area contributed by atoms with Gasteiger partial charge in [-0.25, -0.2) is 4.39 Å². The van der Waals surface area contributed by atoms with E-state index < -0.39 is 0 Å². The Bertz CT molecular complexity index is 526. The molecule has 2 aromatic carbocycles. The van der Waals surface area contributed by atoms with Gasteiger partial charge in [0.05, 0.1) is 5.69 Å². The molecule has 0 amide bonds. The molecule has 0 aliphatic rings. The number of para-hydroxylation sites is 2. The molecule has 0 saturated carbocycles. The van der Waals surface area contributed by atoms with Crippen LogP contribution in [0.5, 0.6) is 0 Å². The fourth-order valence-electron chi connectivity index (χ4n) is 2.12. The van der Waals surface area contributed by atoms with Crippen molar-refractivity contribution < 1.29 is 4.39 Å². The number of rotatable bonds is 5. The maximum atomic E-state index is 14.1. The molecule has 0 bridgehead atoms. The fraction of sp³-hybridized carbons (Fsp3) is 0.250. The zero-order valence-electron chi connectivity index (χ0n) is 11.4. The molecule has 0 aromatic heterocycles. The van der Waals surface area contributed by atoms with E-state index in [0.29, 0.717) is 12.2 Å². The van der Waals surface area contributed by atoms with Gasteiger partial charge in [0.25, 0.3) is 0 Å². The van der Waals surface area contributed by atoms with Crippen LogP contribution in [0.15, 0.2) is 48.5 Å². The number of hydrogen-bond donors (Lipinski definition) is 1. The molecule has 19 heavy (non-hydrogen) atoms. The maximum Gasteiger partial charge on any atom is 0.147 e. The number of halogens is 1. The van der Waals surface area contributed by atoms with Crippen molar-refractivity contribution >= 4 is 11.4 Å². The molecule has 2 rings (SSSR count). The molecule has 0 saturated heterocycles. The molecule has 0 unspecified atom stereocenters. The third kappa shape index (κ3) is 3.12. The Labute approximate surface area is 113 Å². The Hall–Kier alpha value is -1.87. The van der Waals surface area contributed by atoms with Crippen LogP contribution in [0, 0.1) is 5.82 Å². The van der Waals surface area contributed by atoms with Gasteiger partial charge in [-0.1, -0.05) is 37.3 Å². The van der Waals surface area contributed by atoms with Gasteiger partial charge in [-0.2, -0.15) is 0 Å². The van der Waals surface area contributed by atoms with Crippen molar-refractivity contribution in [2.75, 3.05) is 18.5 Å². The van der Waals surface area contributed by atoms with Gasteiger partial charge in [0.2, 0.25) is 0 Å². The minimum absolute atomic E-state index is 0.193. The number of benzene rings is 2. The highest BCUT2D eigenvalue weighted by Crippen LogP contribution is 2.29. The average molecular weight is 258 g/mol. The summed E-state index contributed by atoms with van der Waals surface area (Å²) in [5.74, 6) is -0.193. The van der Waals surface area contributed by atoms with Crippen molar-refractivity contribution in [2.24, 2.45) is 0 Å². The molecule has 2 aromatic rings. The highest BCUT2D eigenvalue weighted by molar-refractivity contribution is 5.66. The SMILES string of the molecule is CCNCc1cccc(F)c1N(C)c1ccccc1. The monoisotopic (exact) mass is 258 g/mol. The van der Waals surface area contributed by atoms with Crippen LogP contribution in [0.25, 0.3) is 0 Å². The van der Waals surface area contributed by atoms with E-state index in [1.54, 1.807) is 6.07 Å². The van der Waals surface area contributed by atoms with E-state index in [9.17, 15) is 4.39 Å². The van der Waals surface area contributed by atoms with Crippen LogP contribution in [0.4, 0.5) is 15.8 Å². The Morgan fingerprint density at radius 1 is 1.05 bits per heavy atom. The smallest absolute Gasteiger partial charge is 0.147 e. The van der Waals surface area contributed by atoms with E-state index >= 15 is 0 Å². The molecule has 0 atom stereocenters. The molecule has 0 heterocycles. The van der Waals surface area contributed by atoms with Gasteiger partial charge < -0.3 is 10.2 Å². The molecule has 0 radical (unpaired) electrons. The van der Waals surface area contributed by atoms with E-state index in [1.807, 2.05) is 55.3 Å². The second-order valence-corrected chi connectivity index (χ2v) is 4.42. The van der Waals surface area contributed by atoms with Crippen LogP contribution in [0.3, 0.4) is 0 Å². The summed E-state index contributed by atoms with van der Waals surface area (Å²) in [5, 5.41) is 3.25. The Balaban J connectivity index is 2.37. The van der Waals surface area contributed by atoms with Gasteiger partial charge in [0, 0.05) is 19.3 Å². The van der Waals surface area contributed by atoms with Crippen molar-refractivity contribution in [1.82, 2.24) is 5.32 Å². The molecule has 0 aliphatic heterocycles. The van der Waals surface area contributed by atoms with Crippen LogP contribution in [0.1, 0.15) is 12.5 Å². The lowest BCUT2D eigenvalue weighted by Crippen LogP contribution is -2.18. The van der Waals surface area contributed by atoms with Gasteiger partial charge in [0.1, 0.15) is 5.82 Å². The highest BCUT2D eigenvalue weighted by atomic mass is 19.1. The molecule has 0 fully saturated rings. The predicted molar refractivity (Wildman–Crippen MR) is 78.3 cm³/mol. The summed E-state index contributed by atoms with van der Waals surface area (Å²) in [6.45, 7) is 3.58. The molecular formula is C16H19FN2. The van der Waals surface area contributed by atoms with Gasteiger partial charge in [-0.3, -0.25) is 0 Å². The second kappa shape index (κ2) is 6.34. The lowest BCUT2D eigenvalue weighted by molar-refractivity contribution is 0.622. The largest absolute Gasteiger partial charge is 0.342 e. The first-order chi connectivity index (χ1) is 9.24. The standard InChI is InChI=1S/C16H19FN2/c1-3-18-12-13-8-7-11-15(17)16(13)19(2)14-9-5-4-6-10-14/h4-11,18H,3,12H2,1-2H3. The number of nitrogens with zero attached hydrogens (tertiary/aromatic N) is 1. The first-order valence-electron chi connectivity index (χ1n) is 6.51. The van der Waals surface area contributed by atoms with Gasteiger partial charge >= 0.3 is 0 Å². The number of anilines is 2. The fourth-order valence-corrected chi connectivity index (χ4v) is 2.12. The topological polar surface area (TPSA) is 15.3 Å². The van der Waals surface area contributed by atoms with Gasteiger partial charge in [-0.15, -0.1) is 0 Å². The summed E-state index contributed by atoms with van der Waals surface area (Å²) in [6, 6.07) is 15.0. The first kappa shape index (κ1) is 13.6. The molecule has 100 valence electrons. The maximum absolute atomic E-state index is 14.1. The van der Waals surface area contributed by atoms with E-state index in [-0.39, 0.29) is 5.82 Å². The van der Waals surface area contributed by atoms with E-state index in [0.717, 1.165) is 17.8 Å². The van der Waals surface area contributed by atoms with Crippen molar-refractivity contribution in [3.05, 3.63) is 59.9 Å². The summed E-state index contributed by atoms with van der Waals surface area (Å²) in [6.07, 6.45) is 0. The number of nitrogens with one attached hydrogen (secondary N) is 1. The summed E-state index contributed by atoms with van der Waals surface area (Å²) in [7, 11) is 1.89. The zero-order valence-corrected chi connectivity index (χ0v) is 11.4. The van der Waals surface area contributed by atoms with Crippen molar-refractivity contribution in [2.45, 2.75) is 13.5 Å². The quantitative estimate of drug-likeness (QED) is 0.879. The zero-order chi connectivity index (χ0) is 13.7. The van der Waals surface area contributed by atoms with Crippen molar-refractivity contribution in [1.29, 1.82) is 0 Å². The predicted octanol–water partition coefficient (Wildman–Crippen LogP) is 3.70. The second-order valence-electron chi connectivity index (χ2n) is 4.42. The van der Waals surface area contributed by atoms with Crippen LogP contribution in [0.2, 0.25) is 0 Å². The molecule has 1 N–H and O–H groups in total. The average Bonchev–Trinajstić information content (AvgIpc) is 2.45. The number of hydrogen-bond acceptors (Lipinski definition) is 2. The van der Waals surface area contributed by atoms with Gasteiger partial charge in [0.15, 0.2) is 0 Å². The lowest BCUT2D eigenvalue weighted by Gasteiger charge is -2.23. The van der Waals surface area contributed by atoms with Crippen LogP contribution in [-0.2, 0) is 6.54 Å². The van der Waals surface area contributed by atoms with Crippen LogP contribution in [-0.4, -0.2) is 13.6 Å². The van der Waals surface area contributed by atoms with E-state index in [4.69, 9.17) is 0 Å². The Kier molecular flexibility index (Phi) is 4.53. The first-order valence-corrected chi connectivity index (χ1v) is 6.51. The summed E-state index contributed by atoms with van der Waals surface area (Å²) in [5.41, 5.74) is 2.58. The molecule has 3 heteroatoms. The minimum atomic E-state index is -0.193. The summed E-state index contributed by atoms with van der Waals surface area (Å²) < 4.78 is 14.1. The van der Waals surface area contributed by atoms with Crippen molar-refractivity contribution in [3.63, 3.8) is 0 Å². The third-order valence-corrected chi connectivity index (χ3v) is 3.11. The Morgan fingerprint density at radius 3 is 2.47 bits per heavy atom.